The number of nitrogens with zero attached hydrogens (tertiary/aromatic N) is 2. The van der Waals surface area contributed by atoms with E-state index < -0.39 is 0 Å². The molecule has 2 heterocycles. The van der Waals surface area contributed by atoms with Gasteiger partial charge in [0.1, 0.15) is 5.75 Å². The van der Waals surface area contributed by atoms with Gasteiger partial charge in [0.05, 0.1) is 0 Å². The van der Waals surface area contributed by atoms with Crippen molar-refractivity contribution in [2.75, 3.05) is 38.0 Å². The summed E-state index contributed by atoms with van der Waals surface area (Å²) >= 11 is 0. The highest BCUT2D eigenvalue weighted by molar-refractivity contribution is 5.55. The minimum atomic E-state index is 0.514. The maximum atomic E-state index is 10.7. The molecule has 0 atom stereocenters. The van der Waals surface area contributed by atoms with Crippen molar-refractivity contribution in [2.24, 2.45) is 0 Å². The largest absolute Gasteiger partial charge is 0.507 e. The lowest BCUT2D eigenvalue weighted by atomic mass is 10.1. The number of hydrogen-bond acceptors (Lipinski definition) is 4. The Hall–Kier alpha value is -1.26. The molecule has 22 heavy (non-hydrogen) atoms. The average Bonchev–Trinajstić information content (AvgIpc) is 3.17. The summed E-state index contributed by atoms with van der Waals surface area (Å²) in [5.41, 5.74) is 3.30. The van der Waals surface area contributed by atoms with Gasteiger partial charge in [0.15, 0.2) is 0 Å². The maximum absolute atomic E-state index is 10.7. The first-order valence-corrected chi connectivity index (χ1v) is 8.79. The molecule has 0 saturated carbocycles. The summed E-state index contributed by atoms with van der Waals surface area (Å²) in [6, 6.07) is 4.26. The second-order valence-corrected chi connectivity index (χ2v) is 6.64. The highest BCUT2D eigenvalue weighted by Crippen LogP contribution is 2.31. The van der Waals surface area contributed by atoms with Crippen LogP contribution in [0.1, 0.15) is 43.7 Å². The third kappa shape index (κ3) is 3.73. The first-order chi connectivity index (χ1) is 10.8. The van der Waals surface area contributed by atoms with Crippen LogP contribution in [0.15, 0.2) is 12.1 Å². The van der Waals surface area contributed by atoms with Gasteiger partial charge < -0.3 is 10.4 Å². The Morgan fingerprint density at radius 2 is 1.36 bits per heavy atom. The van der Waals surface area contributed by atoms with Crippen LogP contribution in [0.2, 0.25) is 0 Å². The van der Waals surface area contributed by atoms with Crippen LogP contribution < -0.4 is 5.32 Å². The van der Waals surface area contributed by atoms with Gasteiger partial charge in [0.2, 0.25) is 0 Å². The van der Waals surface area contributed by atoms with E-state index in [4.69, 9.17) is 0 Å². The predicted octanol–water partition coefficient (Wildman–Crippen LogP) is 3.02. The molecule has 0 amide bonds. The number of hydrogen-bond donors (Lipinski definition) is 2. The van der Waals surface area contributed by atoms with E-state index in [0.29, 0.717) is 5.75 Å². The van der Waals surface area contributed by atoms with Gasteiger partial charge in [-0.1, -0.05) is 0 Å². The number of anilines is 1. The number of aromatic hydroxyl groups is 1. The second-order valence-electron chi connectivity index (χ2n) is 6.64. The third-order valence-electron chi connectivity index (χ3n) is 4.83. The normalized spacial score (nSPS) is 19.9. The molecule has 4 heteroatoms. The van der Waals surface area contributed by atoms with Crippen LogP contribution in [0.4, 0.5) is 5.69 Å². The molecule has 122 valence electrons. The zero-order valence-corrected chi connectivity index (χ0v) is 13.8. The van der Waals surface area contributed by atoms with Crippen molar-refractivity contribution < 1.29 is 5.11 Å². The number of benzene rings is 1. The molecule has 2 saturated heterocycles. The van der Waals surface area contributed by atoms with Crippen LogP contribution in [0.3, 0.4) is 0 Å². The maximum Gasteiger partial charge on any atom is 0.124 e. The van der Waals surface area contributed by atoms with Crippen LogP contribution in [-0.4, -0.2) is 47.6 Å². The Kier molecular flexibility index (Phi) is 5.21. The number of rotatable bonds is 6. The monoisotopic (exact) mass is 303 g/mol. The molecule has 1 aromatic rings. The van der Waals surface area contributed by atoms with E-state index in [1.54, 1.807) is 0 Å². The molecule has 1 aromatic carbocycles. The minimum absolute atomic E-state index is 0.514. The summed E-state index contributed by atoms with van der Waals surface area (Å²) in [6.45, 7) is 9.41. The van der Waals surface area contributed by atoms with Gasteiger partial charge in [0, 0.05) is 36.4 Å². The summed E-state index contributed by atoms with van der Waals surface area (Å²) in [7, 11) is 0. The van der Waals surface area contributed by atoms with Gasteiger partial charge in [-0.15, -0.1) is 0 Å². The number of phenolic OH excluding ortho intramolecular Hbond substituents is 1. The summed E-state index contributed by atoms with van der Waals surface area (Å²) < 4.78 is 0. The van der Waals surface area contributed by atoms with Crippen molar-refractivity contribution in [3.8, 4) is 5.75 Å². The summed E-state index contributed by atoms with van der Waals surface area (Å²) in [4.78, 5) is 4.90. The lowest BCUT2D eigenvalue weighted by molar-refractivity contribution is 0.312. The van der Waals surface area contributed by atoms with Gasteiger partial charge in [0.25, 0.3) is 0 Å². The number of nitrogens with one attached hydrogen (secondary N) is 1. The highest BCUT2D eigenvalue weighted by Gasteiger charge is 2.19. The Labute approximate surface area is 134 Å². The summed E-state index contributed by atoms with van der Waals surface area (Å²) in [6.07, 6.45) is 5.14. The molecule has 2 fully saturated rings. The molecule has 0 aliphatic carbocycles. The average molecular weight is 303 g/mol. The standard InChI is InChI=1S/C18H29N3O/c1-2-19-17-11-15(13-20-7-3-4-8-20)18(22)16(12-17)14-21-9-5-6-10-21/h11-12,19,22H,2-10,13-14H2,1H3. The third-order valence-corrected chi connectivity index (χ3v) is 4.83. The van der Waals surface area contributed by atoms with Gasteiger partial charge in [-0.3, -0.25) is 9.80 Å². The van der Waals surface area contributed by atoms with E-state index in [9.17, 15) is 5.11 Å². The fraction of sp³-hybridized carbons (Fsp3) is 0.667. The quantitative estimate of drug-likeness (QED) is 0.792. The molecule has 2 aliphatic rings. The zero-order chi connectivity index (χ0) is 15.4. The van der Waals surface area contributed by atoms with Crippen molar-refractivity contribution >= 4 is 5.69 Å². The lowest BCUT2D eigenvalue weighted by Gasteiger charge is -2.21. The van der Waals surface area contributed by atoms with Gasteiger partial charge in [-0.2, -0.15) is 0 Å². The molecular weight excluding hydrogens is 274 g/mol. The fourth-order valence-corrected chi connectivity index (χ4v) is 3.67. The van der Waals surface area contributed by atoms with Gasteiger partial charge >= 0.3 is 0 Å². The number of likely N-dealkylation sites (tertiary alicyclic amines) is 2. The van der Waals surface area contributed by atoms with E-state index in [-0.39, 0.29) is 0 Å². The van der Waals surface area contributed by atoms with Crippen molar-refractivity contribution in [1.29, 1.82) is 0 Å². The molecule has 0 bridgehead atoms. The van der Waals surface area contributed by atoms with Gasteiger partial charge in [-0.05, 0) is 70.9 Å². The molecule has 0 spiro atoms. The zero-order valence-electron chi connectivity index (χ0n) is 13.8. The van der Waals surface area contributed by atoms with Crippen molar-refractivity contribution in [1.82, 2.24) is 9.80 Å². The molecule has 0 aromatic heterocycles. The summed E-state index contributed by atoms with van der Waals surface area (Å²) in [5, 5.41) is 14.1. The van der Waals surface area contributed by atoms with Crippen LogP contribution in [0.25, 0.3) is 0 Å². The Morgan fingerprint density at radius 1 is 0.909 bits per heavy atom. The van der Waals surface area contributed by atoms with Crippen molar-refractivity contribution in [2.45, 2.75) is 45.7 Å². The summed E-state index contributed by atoms with van der Waals surface area (Å²) in [5.74, 6) is 0.514. The first-order valence-electron chi connectivity index (χ1n) is 8.79. The van der Waals surface area contributed by atoms with E-state index in [1.165, 1.54) is 25.7 Å². The molecule has 2 N–H and O–H groups in total. The van der Waals surface area contributed by atoms with E-state index in [2.05, 4.69) is 34.2 Å². The SMILES string of the molecule is CCNc1cc(CN2CCCC2)c(O)c(CN2CCCC2)c1. The molecule has 0 radical (unpaired) electrons. The Bertz CT molecular complexity index is 452. The van der Waals surface area contributed by atoms with E-state index in [1.807, 2.05) is 0 Å². The topological polar surface area (TPSA) is 38.7 Å². The molecule has 4 nitrogen and oxygen atoms in total. The van der Waals surface area contributed by atoms with E-state index >= 15 is 0 Å². The van der Waals surface area contributed by atoms with Crippen LogP contribution in [0, 0.1) is 0 Å². The number of phenols is 1. The Morgan fingerprint density at radius 3 is 1.77 bits per heavy atom. The second kappa shape index (κ2) is 7.34. The van der Waals surface area contributed by atoms with Crippen LogP contribution >= 0.6 is 0 Å². The van der Waals surface area contributed by atoms with Crippen molar-refractivity contribution in [3.63, 3.8) is 0 Å². The van der Waals surface area contributed by atoms with E-state index in [0.717, 1.165) is 62.6 Å². The molecule has 0 unspecified atom stereocenters. The van der Waals surface area contributed by atoms with Crippen molar-refractivity contribution in [3.05, 3.63) is 23.3 Å². The fourth-order valence-electron chi connectivity index (χ4n) is 3.67. The molecular formula is C18H29N3O. The smallest absolute Gasteiger partial charge is 0.124 e. The van der Waals surface area contributed by atoms with Gasteiger partial charge in [-0.25, -0.2) is 0 Å². The Balaban J connectivity index is 1.80. The molecule has 2 aliphatic heterocycles. The van der Waals surface area contributed by atoms with Crippen LogP contribution in [0.5, 0.6) is 5.75 Å². The molecule has 3 rings (SSSR count). The lowest BCUT2D eigenvalue weighted by Crippen LogP contribution is -2.21. The highest BCUT2D eigenvalue weighted by atomic mass is 16.3. The first kappa shape index (κ1) is 15.6. The minimum Gasteiger partial charge on any atom is -0.507 e. The predicted molar refractivity (Wildman–Crippen MR) is 91.3 cm³/mol. The van der Waals surface area contributed by atoms with Crippen LogP contribution in [-0.2, 0) is 13.1 Å².